The second-order valence-electron chi connectivity index (χ2n) is 4.01. The highest BCUT2D eigenvalue weighted by Gasteiger charge is 2.15. The molecule has 5 heteroatoms. The van der Waals surface area contributed by atoms with E-state index in [4.69, 9.17) is 14.7 Å². The van der Waals surface area contributed by atoms with E-state index in [-0.39, 0.29) is 6.61 Å². The molecule has 1 aromatic rings. The molecule has 0 aliphatic heterocycles. The number of methoxy groups -OCH3 is 1. The van der Waals surface area contributed by atoms with Gasteiger partial charge in [-0.3, -0.25) is 9.79 Å². The lowest BCUT2D eigenvalue weighted by Crippen LogP contribution is -2.17. The molecule has 0 saturated heterocycles. The first kappa shape index (κ1) is 15.7. The summed E-state index contributed by atoms with van der Waals surface area (Å²) in [5, 5.41) is 8.84. The molecular weight excluding hydrogens is 256 g/mol. The fraction of sp³-hybridized carbons (Fsp3) is 0.400. The van der Waals surface area contributed by atoms with Crippen LogP contribution in [0, 0.1) is 17.2 Å². The second-order valence-corrected chi connectivity index (χ2v) is 4.01. The Balaban J connectivity index is 2.43. The molecule has 0 N–H and O–H groups in total. The van der Waals surface area contributed by atoms with Gasteiger partial charge in [-0.15, -0.1) is 0 Å². The van der Waals surface area contributed by atoms with Crippen molar-refractivity contribution in [1.82, 2.24) is 0 Å². The van der Waals surface area contributed by atoms with E-state index < -0.39 is 11.9 Å². The van der Waals surface area contributed by atoms with Crippen LogP contribution in [0.3, 0.4) is 0 Å². The van der Waals surface area contributed by atoms with Crippen LogP contribution < -0.4 is 4.74 Å². The zero-order valence-corrected chi connectivity index (χ0v) is 11.7. The molecule has 0 saturated carbocycles. The number of nitrogens with zero attached hydrogens (tertiary/aromatic N) is 2. The molecule has 0 aliphatic carbocycles. The van der Waals surface area contributed by atoms with Crippen molar-refractivity contribution in [2.75, 3.05) is 20.3 Å². The lowest BCUT2D eigenvalue weighted by atomic mass is 10.1. The lowest BCUT2D eigenvalue weighted by molar-refractivity contribution is -0.143. The van der Waals surface area contributed by atoms with Crippen LogP contribution in [-0.2, 0) is 16.0 Å². The maximum atomic E-state index is 11.4. The van der Waals surface area contributed by atoms with Gasteiger partial charge in [0.15, 0.2) is 5.92 Å². The summed E-state index contributed by atoms with van der Waals surface area (Å²) in [6.07, 6.45) is 2.09. The van der Waals surface area contributed by atoms with Gasteiger partial charge in [0.25, 0.3) is 0 Å². The monoisotopic (exact) mass is 274 g/mol. The Bertz CT molecular complexity index is 489. The van der Waals surface area contributed by atoms with E-state index in [2.05, 4.69) is 4.99 Å². The van der Waals surface area contributed by atoms with Crippen LogP contribution in [0.1, 0.15) is 12.5 Å². The number of rotatable bonds is 7. The molecule has 106 valence electrons. The van der Waals surface area contributed by atoms with E-state index in [1.165, 1.54) is 6.21 Å². The summed E-state index contributed by atoms with van der Waals surface area (Å²) in [4.78, 5) is 15.5. The number of benzene rings is 1. The van der Waals surface area contributed by atoms with Crippen molar-refractivity contribution in [2.24, 2.45) is 10.9 Å². The van der Waals surface area contributed by atoms with E-state index in [1.54, 1.807) is 14.0 Å². The highest BCUT2D eigenvalue weighted by molar-refractivity contribution is 5.92. The molecule has 0 fully saturated rings. The average molecular weight is 274 g/mol. The average Bonchev–Trinajstić information content (AvgIpc) is 2.48. The van der Waals surface area contributed by atoms with Gasteiger partial charge >= 0.3 is 5.97 Å². The molecule has 1 rings (SSSR count). The molecule has 0 aromatic heterocycles. The van der Waals surface area contributed by atoms with Crippen LogP contribution >= 0.6 is 0 Å². The van der Waals surface area contributed by atoms with Crippen molar-refractivity contribution < 1.29 is 14.3 Å². The van der Waals surface area contributed by atoms with Gasteiger partial charge in [0.05, 0.1) is 19.8 Å². The Morgan fingerprint density at radius 3 is 2.70 bits per heavy atom. The van der Waals surface area contributed by atoms with Crippen molar-refractivity contribution in [3.8, 4) is 11.8 Å². The summed E-state index contributed by atoms with van der Waals surface area (Å²) in [6, 6.07) is 9.55. The summed E-state index contributed by atoms with van der Waals surface area (Å²) in [5.41, 5.74) is 1.12. The van der Waals surface area contributed by atoms with Crippen molar-refractivity contribution in [3.63, 3.8) is 0 Å². The summed E-state index contributed by atoms with van der Waals surface area (Å²) in [7, 11) is 1.62. The minimum absolute atomic E-state index is 0.261. The normalized spacial score (nSPS) is 11.8. The Hall–Kier alpha value is -2.35. The molecule has 0 amide bonds. The lowest BCUT2D eigenvalue weighted by Gasteiger charge is -2.03. The second kappa shape index (κ2) is 8.70. The predicted octanol–water partition coefficient (Wildman–Crippen LogP) is 2.01. The predicted molar refractivity (Wildman–Crippen MR) is 75.8 cm³/mol. The largest absolute Gasteiger partial charge is 0.497 e. The smallest absolute Gasteiger partial charge is 0.328 e. The molecule has 0 spiro atoms. The third-order valence-electron chi connectivity index (χ3n) is 2.62. The maximum absolute atomic E-state index is 11.4. The van der Waals surface area contributed by atoms with E-state index in [0.717, 1.165) is 17.7 Å². The number of nitriles is 1. The zero-order chi connectivity index (χ0) is 14.8. The Morgan fingerprint density at radius 2 is 2.15 bits per heavy atom. The van der Waals surface area contributed by atoms with Crippen LogP contribution in [0.15, 0.2) is 29.3 Å². The summed E-state index contributed by atoms with van der Waals surface area (Å²) >= 11 is 0. The van der Waals surface area contributed by atoms with E-state index in [0.29, 0.717) is 6.54 Å². The van der Waals surface area contributed by atoms with Crippen LogP contribution in [0.25, 0.3) is 0 Å². The fourth-order valence-corrected chi connectivity index (χ4v) is 1.54. The summed E-state index contributed by atoms with van der Waals surface area (Å²) in [6.45, 7) is 2.48. The molecule has 20 heavy (non-hydrogen) atoms. The van der Waals surface area contributed by atoms with Gasteiger partial charge in [-0.05, 0) is 31.0 Å². The highest BCUT2D eigenvalue weighted by atomic mass is 16.5. The molecule has 5 nitrogen and oxygen atoms in total. The first-order valence-electron chi connectivity index (χ1n) is 6.40. The van der Waals surface area contributed by atoms with Gasteiger partial charge in [0.1, 0.15) is 5.75 Å². The minimum Gasteiger partial charge on any atom is -0.497 e. The fourth-order valence-electron chi connectivity index (χ4n) is 1.54. The van der Waals surface area contributed by atoms with Crippen LogP contribution in [0.5, 0.6) is 5.75 Å². The van der Waals surface area contributed by atoms with Crippen LogP contribution in [0.4, 0.5) is 0 Å². The minimum atomic E-state index is -0.925. The molecule has 1 atom stereocenters. The SMILES string of the molecule is CCOC(=O)[C@H](C#N)C=NCCc1ccc(OC)cc1. The molecule has 0 aliphatic rings. The number of ether oxygens (including phenoxy) is 2. The van der Waals surface area contributed by atoms with Gasteiger partial charge in [-0.1, -0.05) is 12.1 Å². The van der Waals surface area contributed by atoms with Gasteiger partial charge in [-0.25, -0.2) is 0 Å². The van der Waals surface area contributed by atoms with Crippen molar-refractivity contribution in [1.29, 1.82) is 5.26 Å². The van der Waals surface area contributed by atoms with E-state index in [1.807, 2.05) is 30.3 Å². The van der Waals surface area contributed by atoms with Crippen molar-refractivity contribution in [3.05, 3.63) is 29.8 Å². The standard InChI is InChI=1S/C15H18N2O3/c1-3-20-15(18)13(10-16)11-17-9-8-12-4-6-14(19-2)7-5-12/h4-7,11,13H,3,8-9H2,1-2H3/t13-/m1/s1. The quantitative estimate of drug-likeness (QED) is 0.563. The number of aliphatic imine (C=N–C) groups is 1. The molecule has 0 heterocycles. The van der Waals surface area contributed by atoms with Crippen LogP contribution in [-0.4, -0.2) is 32.4 Å². The summed E-state index contributed by atoms with van der Waals surface area (Å²) in [5.74, 6) is -0.668. The van der Waals surface area contributed by atoms with E-state index >= 15 is 0 Å². The zero-order valence-electron chi connectivity index (χ0n) is 11.7. The summed E-state index contributed by atoms with van der Waals surface area (Å²) < 4.78 is 9.84. The Labute approximate surface area is 118 Å². The molecular formula is C15H18N2O3. The highest BCUT2D eigenvalue weighted by Crippen LogP contribution is 2.11. The molecule has 0 bridgehead atoms. The van der Waals surface area contributed by atoms with E-state index in [9.17, 15) is 4.79 Å². The first-order chi connectivity index (χ1) is 9.71. The molecule has 1 aromatic carbocycles. The van der Waals surface area contributed by atoms with Crippen LogP contribution in [0.2, 0.25) is 0 Å². The Kier molecular flexibility index (Phi) is 6.83. The van der Waals surface area contributed by atoms with Gasteiger partial charge in [0, 0.05) is 12.8 Å². The number of hydrogen-bond acceptors (Lipinski definition) is 5. The van der Waals surface area contributed by atoms with Gasteiger partial charge in [-0.2, -0.15) is 5.26 Å². The molecule has 0 radical (unpaired) electrons. The number of esters is 1. The number of carbonyl (C=O) groups excluding carboxylic acids is 1. The third-order valence-corrected chi connectivity index (χ3v) is 2.62. The first-order valence-corrected chi connectivity index (χ1v) is 6.40. The molecule has 0 unspecified atom stereocenters. The third kappa shape index (κ3) is 5.11. The van der Waals surface area contributed by atoms with Crippen molar-refractivity contribution in [2.45, 2.75) is 13.3 Å². The number of hydrogen-bond donors (Lipinski definition) is 0. The maximum Gasteiger partial charge on any atom is 0.328 e. The van der Waals surface area contributed by atoms with Gasteiger partial charge < -0.3 is 9.47 Å². The van der Waals surface area contributed by atoms with Crippen molar-refractivity contribution >= 4 is 12.2 Å². The number of carbonyl (C=O) groups is 1. The Morgan fingerprint density at radius 1 is 1.45 bits per heavy atom. The topological polar surface area (TPSA) is 71.7 Å². The van der Waals surface area contributed by atoms with Gasteiger partial charge in [0.2, 0.25) is 0 Å².